The first kappa shape index (κ1) is 26.9. The highest BCUT2D eigenvalue weighted by molar-refractivity contribution is 7.98. The Morgan fingerprint density at radius 2 is 1.98 bits per heavy atom. The van der Waals surface area contributed by atoms with Crippen molar-refractivity contribution in [1.82, 2.24) is 14.3 Å². The molecule has 4 heterocycles. The summed E-state index contributed by atoms with van der Waals surface area (Å²) in [5.74, 6) is -1.63. The maximum Gasteiger partial charge on any atom is 0.516 e. The lowest BCUT2D eigenvalue weighted by molar-refractivity contribution is -0.172. The second-order valence-corrected chi connectivity index (χ2v) is 12.1. The van der Waals surface area contributed by atoms with E-state index in [-0.39, 0.29) is 23.6 Å². The summed E-state index contributed by atoms with van der Waals surface area (Å²) in [6.45, 7) is 4.93. The van der Waals surface area contributed by atoms with Crippen LogP contribution in [0, 0.1) is 11.8 Å². The second kappa shape index (κ2) is 10.2. The van der Waals surface area contributed by atoms with Gasteiger partial charge in [0.2, 0.25) is 12.2 Å². The Balaban J connectivity index is 1.23. The number of esters is 1. The van der Waals surface area contributed by atoms with Crippen molar-refractivity contribution in [3.05, 3.63) is 52.4 Å². The summed E-state index contributed by atoms with van der Waals surface area (Å²) in [4.78, 5) is 46.6. The van der Waals surface area contributed by atoms with Crippen LogP contribution < -0.4 is 4.74 Å². The third-order valence-electron chi connectivity index (χ3n) is 7.81. The number of benzene rings is 1. The van der Waals surface area contributed by atoms with Gasteiger partial charge in [0.05, 0.1) is 22.9 Å². The normalized spacial score (nSPS) is 23.1. The zero-order valence-electron chi connectivity index (χ0n) is 22.4. The van der Waals surface area contributed by atoms with E-state index >= 15 is 0 Å². The van der Waals surface area contributed by atoms with E-state index in [0.29, 0.717) is 11.3 Å². The molecule has 210 valence electrons. The van der Waals surface area contributed by atoms with Gasteiger partial charge in [-0.15, -0.1) is 23.1 Å². The number of rotatable bonds is 7. The van der Waals surface area contributed by atoms with Gasteiger partial charge in [0.1, 0.15) is 27.6 Å². The predicted molar refractivity (Wildman–Crippen MR) is 148 cm³/mol. The van der Waals surface area contributed by atoms with E-state index in [1.807, 2.05) is 35.9 Å². The summed E-state index contributed by atoms with van der Waals surface area (Å²) in [5.41, 5.74) is 3.15. The van der Waals surface area contributed by atoms with Crippen molar-refractivity contribution in [2.24, 2.45) is 11.8 Å². The molecule has 5 atom stereocenters. The van der Waals surface area contributed by atoms with Gasteiger partial charge in [-0.1, -0.05) is 13.0 Å². The highest BCUT2D eigenvalue weighted by atomic mass is 32.2. The average molecular weight is 584 g/mol. The molecule has 0 radical (unpaired) electrons. The molecule has 2 aromatic heterocycles. The van der Waals surface area contributed by atoms with Crippen LogP contribution in [-0.2, 0) is 31.9 Å². The van der Waals surface area contributed by atoms with Gasteiger partial charge < -0.3 is 24.2 Å². The molecule has 0 saturated carbocycles. The Morgan fingerprint density at radius 1 is 1.20 bits per heavy atom. The number of imidazole rings is 1. The van der Waals surface area contributed by atoms with E-state index in [1.165, 1.54) is 40.5 Å². The number of aliphatic hydroxyl groups is 1. The fourth-order valence-electron chi connectivity index (χ4n) is 6.02. The quantitative estimate of drug-likeness (QED) is 0.143. The van der Waals surface area contributed by atoms with Gasteiger partial charge in [0.25, 0.3) is 0 Å². The SMILES string of the molecule is CSc1ncn2cc(C3=C(C(=O)OC(C)OC(=O)Oc4ccc5c(c4)CCC5)N4C(=O)[C@H]([C@@H](C)O)[C@H]4[C@H]3C)sc12. The summed E-state index contributed by atoms with van der Waals surface area (Å²) < 4.78 is 17.9. The highest BCUT2D eigenvalue weighted by Gasteiger charge is 2.60. The third kappa shape index (κ3) is 4.38. The smallest absolute Gasteiger partial charge is 0.421 e. The summed E-state index contributed by atoms with van der Waals surface area (Å²) in [7, 11) is 0. The van der Waals surface area contributed by atoms with E-state index in [9.17, 15) is 19.5 Å². The number of thioether (sulfide) groups is 1. The molecular weight excluding hydrogens is 554 g/mol. The minimum absolute atomic E-state index is 0.102. The van der Waals surface area contributed by atoms with Crippen LogP contribution in [0.3, 0.4) is 0 Å². The predicted octanol–water partition coefficient (Wildman–Crippen LogP) is 4.28. The topological polar surface area (TPSA) is 120 Å². The van der Waals surface area contributed by atoms with Crippen LogP contribution in [0.1, 0.15) is 43.2 Å². The van der Waals surface area contributed by atoms with Crippen LogP contribution in [0.25, 0.3) is 10.4 Å². The molecule has 1 N–H and O–H groups in total. The van der Waals surface area contributed by atoms with Crippen LogP contribution in [0.15, 0.2) is 41.4 Å². The number of carbonyl (C=O) groups is 3. The van der Waals surface area contributed by atoms with Crippen LogP contribution in [0.4, 0.5) is 4.79 Å². The number of carbonyl (C=O) groups excluding carboxylic acids is 3. The largest absolute Gasteiger partial charge is 0.516 e. The number of ether oxygens (including phenoxy) is 3. The molecule has 3 aromatic rings. The Hall–Kier alpha value is -3.35. The number of hydrogen-bond acceptors (Lipinski definition) is 10. The Bertz CT molecular complexity index is 1560. The van der Waals surface area contributed by atoms with Gasteiger partial charge in [0, 0.05) is 24.6 Å². The van der Waals surface area contributed by atoms with Crippen molar-refractivity contribution >= 4 is 51.5 Å². The summed E-state index contributed by atoms with van der Waals surface area (Å²) in [6.07, 6.45) is 5.42. The summed E-state index contributed by atoms with van der Waals surface area (Å²) >= 11 is 2.99. The van der Waals surface area contributed by atoms with Gasteiger partial charge in [-0.2, -0.15) is 0 Å². The number of nitrogens with zero attached hydrogens (tertiary/aromatic N) is 3. The van der Waals surface area contributed by atoms with Crippen molar-refractivity contribution in [2.45, 2.75) is 63.5 Å². The lowest BCUT2D eigenvalue weighted by Crippen LogP contribution is -2.63. The molecule has 0 spiro atoms. The van der Waals surface area contributed by atoms with E-state index in [4.69, 9.17) is 14.2 Å². The fraction of sp³-hybridized carbons (Fsp3) is 0.429. The maximum absolute atomic E-state index is 13.6. The summed E-state index contributed by atoms with van der Waals surface area (Å²) in [6, 6.07) is 5.10. The van der Waals surface area contributed by atoms with E-state index in [1.54, 1.807) is 19.3 Å². The van der Waals surface area contributed by atoms with E-state index in [0.717, 1.165) is 39.6 Å². The van der Waals surface area contributed by atoms with Crippen LogP contribution in [0.2, 0.25) is 0 Å². The lowest BCUT2D eigenvalue weighted by Gasteiger charge is -2.46. The number of amides is 1. The Morgan fingerprint density at radius 3 is 2.73 bits per heavy atom. The number of aromatic nitrogens is 2. The molecule has 12 heteroatoms. The number of β-lactam (4-membered cyclic amide) rings is 1. The Kier molecular flexibility index (Phi) is 6.87. The van der Waals surface area contributed by atoms with Gasteiger partial charge in [0.15, 0.2) is 0 Å². The number of thiazole rings is 1. The number of hydrogen-bond donors (Lipinski definition) is 1. The molecule has 1 aliphatic carbocycles. The van der Waals surface area contributed by atoms with E-state index in [2.05, 4.69) is 4.98 Å². The molecule has 40 heavy (non-hydrogen) atoms. The van der Waals surface area contributed by atoms with Crippen molar-refractivity contribution in [3.63, 3.8) is 0 Å². The van der Waals surface area contributed by atoms with Crippen molar-refractivity contribution in [3.8, 4) is 5.75 Å². The highest BCUT2D eigenvalue weighted by Crippen LogP contribution is 2.52. The van der Waals surface area contributed by atoms with Crippen LogP contribution in [0.5, 0.6) is 5.75 Å². The molecule has 1 saturated heterocycles. The first-order chi connectivity index (χ1) is 19.2. The van der Waals surface area contributed by atoms with Crippen LogP contribution >= 0.6 is 23.1 Å². The molecule has 0 bridgehead atoms. The monoisotopic (exact) mass is 583 g/mol. The molecule has 1 amide bonds. The Labute approximate surface area is 238 Å². The second-order valence-electron chi connectivity index (χ2n) is 10.3. The fourth-order valence-corrected chi connectivity index (χ4v) is 7.94. The number of aliphatic hydroxyl groups excluding tert-OH is 1. The van der Waals surface area contributed by atoms with Crippen molar-refractivity contribution < 1.29 is 33.7 Å². The van der Waals surface area contributed by atoms with Crippen LogP contribution in [-0.4, -0.2) is 62.1 Å². The minimum atomic E-state index is -1.27. The van der Waals surface area contributed by atoms with Gasteiger partial charge >= 0.3 is 12.1 Å². The molecule has 6 rings (SSSR count). The number of aryl methyl sites for hydroxylation is 2. The molecule has 3 aliphatic rings. The average Bonchev–Trinajstić information content (AvgIpc) is 3.64. The first-order valence-electron chi connectivity index (χ1n) is 13.1. The summed E-state index contributed by atoms with van der Waals surface area (Å²) in [5, 5.41) is 11.1. The zero-order chi connectivity index (χ0) is 28.3. The molecule has 1 unspecified atom stereocenters. The van der Waals surface area contributed by atoms with Crippen molar-refractivity contribution in [2.75, 3.05) is 6.26 Å². The third-order valence-corrected chi connectivity index (χ3v) is 9.77. The molecule has 10 nitrogen and oxygen atoms in total. The lowest BCUT2D eigenvalue weighted by atomic mass is 9.77. The van der Waals surface area contributed by atoms with Crippen molar-refractivity contribution in [1.29, 1.82) is 0 Å². The van der Waals surface area contributed by atoms with Gasteiger partial charge in [-0.3, -0.25) is 9.20 Å². The van der Waals surface area contributed by atoms with E-state index < -0.39 is 30.4 Å². The standard InChI is InChI=1S/C28H29N3O7S2/c1-13-20(19-11-30-12-29-24(39-4)26(30)40-19)23(31-22(13)21(14(2)32)25(31)33)27(34)36-15(3)37-28(35)38-18-9-8-16-6-5-7-17(16)10-18/h8-15,21-22,32H,5-7H2,1-4H3/t13-,14+,15?,21+,22+/m0/s1. The zero-order valence-corrected chi connectivity index (χ0v) is 24.1. The molecule has 2 aliphatic heterocycles. The minimum Gasteiger partial charge on any atom is -0.421 e. The number of fused-ring (bicyclic) bond motifs is 3. The molecule has 1 aromatic carbocycles. The first-order valence-corrected chi connectivity index (χ1v) is 15.2. The maximum atomic E-state index is 13.6. The van der Waals surface area contributed by atoms with Gasteiger partial charge in [-0.25, -0.2) is 14.6 Å². The van der Waals surface area contributed by atoms with Gasteiger partial charge in [-0.05, 0) is 55.7 Å². The molecule has 1 fully saturated rings. The molecular formula is C28H29N3O7S2.